The molecule has 1 aliphatic heterocycles. The van der Waals surface area contributed by atoms with E-state index in [1.807, 2.05) is 30.3 Å². The maximum Gasteiger partial charge on any atom is 0.264 e. The van der Waals surface area contributed by atoms with Crippen LogP contribution >= 0.6 is 0 Å². The van der Waals surface area contributed by atoms with Crippen molar-refractivity contribution in [2.75, 3.05) is 4.31 Å². The number of ketones is 1. The maximum absolute atomic E-state index is 14.2. The highest BCUT2D eigenvalue weighted by molar-refractivity contribution is 7.92. The normalized spacial score (nSPS) is 22.4. The molecule has 1 aliphatic carbocycles. The lowest BCUT2D eigenvalue weighted by molar-refractivity contribution is 0.0894. The fraction of sp³-hybridized carbons (Fsp3) is 0.208. The average molecular weight is 421 g/mol. The molecule has 4 nitrogen and oxygen atoms in total. The van der Waals surface area contributed by atoms with Crippen LogP contribution in [-0.4, -0.2) is 20.2 Å². The molecule has 0 radical (unpaired) electrons. The van der Waals surface area contributed by atoms with E-state index in [0.717, 1.165) is 11.6 Å². The van der Waals surface area contributed by atoms with Crippen molar-refractivity contribution >= 4 is 21.5 Å². The van der Waals surface area contributed by atoms with Gasteiger partial charge in [-0.15, -0.1) is 0 Å². The predicted octanol–water partition coefficient (Wildman–Crippen LogP) is 4.41. The van der Waals surface area contributed by atoms with Crippen molar-refractivity contribution in [1.82, 2.24) is 0 Å². The van der Waals surface area contributed by atoms with Crippen LogP contribution in [0.4, 0.5) is 10.1 Å². The van der Waals surface area contributed by atoms with Crippen LogP contribution < -0.4 is 4.31 Å². The number of hydrogen-bond donors (Lipinski definition) is 0. The van der Waals surface area contributed by atoms with Crippen molar-refractivity contribution in [1.29, 1.82) is 0 Å². The Morgan fingerprint density at radius 2 is 1.73 bits per heavy atom. The zero-order valence-electron chi connectivity index (χ0n) is 16.6. The summed E-state index contributed by atoms with van der Waals surface area (Å²) in [6.07, 6.45) is 0.439. The summed E-state index contributed by atoms with van der Waals surface area (Å²) in [5.41, 5.74) is 2.13. The molecule has 2 atom stereocenters. The van der Waals surface area contributed by atoms with Gasteiger partial charge in [0.05, 0.1) is 22.0 Å². The van der Waals surface area contributed by atoms with Crippen LogP contribution in [0.2, 0.25) is 0 Å². The highest BCUT2D eigenvalue weighted by Crippen LogP contribution is 2.54. The van der Waals surface area contributed by atoms with Gasteiger partial charge in [0.25, 0.3) is 10.0 Å². The second-order valence-corrected chi connectivity index (χ2v) is 9.85. The monoisotopic (exact) mass is 421 g/mol. The molecule has 0 N–H and O–H groups in total. The minimum Gasteiger partial charge on any atom is -0.293 e. The number of para-hydroxylation sites is 1. The Bertz CT molecular complexity index is 1320. The molecule has 2 aliphatic rings. The third-order valence-corrected chi connectivity index (χ3v) is 8.40. The van der Waals surface area contributed by atoms with Crippen LogP contribution in [0.1, 0.15) is 34.0 Å². The van der Waals surface area contributed by atoms with Crippen molar-refractivity contribution < 1.29 is 17.6 Å². The number of halogens is 1. The number of anilines is 1. The smallest absolute Gasteiger partial charge is 0.264 e. The second kappa shape index (κ2) is 6.25. The number of carbonyl (C=O) groups is 1. The standard InChI is InChI=1S/C24H20FNO3S/c1-15-11-12-18(13-21(15)25)30(28,29)26-16(2)24(20-9-5-6-10-22(20)26)14-17-7-3-4-8-19(17)23(24)27/h3-13,16H,14H2,1-2H3/t16-,24+/m0/s1. The van der Waals surface area contributed by atoms with Crippen molar-refractivity contribution in [3.05, 3.63) is 94.8 Å². The Hall–Kier alpha value is -2.99. The second-order valence-electron chi connectivity index (χ2n) is 8.04. The Labute approximate surface area is 175 Å². The van der Waals surface area contributed by atoms with E-state index < -0.39 is 27.3 Å². The number of benzene rings is 3. The molecule has 0 saturated carbocycles. The van der Waals surface area contributed by atoms with E-state index in [2.05, 4.69) is 0 Å². The minimum absolute atomic E-state index is 0.0640. The number of carbonyl (C=O) groups excluding carboxylic acids is 1. The lowest BCUT2D eigenvalue weighted by atomic mass is 9.74. The molecule has 152 valence electrons. The first kappa shape index (κ1) is 19.0. The number of sulfonamides is 1. The number of Topliss-reactive ketones (excluding diaryl/α,β-unsaturated/α-hetero) is 1. The van der Waals surface area contributed by atoms with Crippen LogP contribution in [-0.2, 0) is 21.9 Å². The highest BCUT2D eigenvalue weighted by atomic mass is 32.2. The van der Waals surface area contributed by atoms with Gasteiger partial charge in [0, 0.05) is 5.56 Å². The lowest BCUT2D eigenvalue weighted by Crippen LogP contribution is -2.48. The fourth-order valence-corrected chi connectivity index (χ4v) is 6.67. The average Bonchev–Trinajstić information content (AvgIpc) is 3.17. The highest BCUT2D eigenvalue weighted by Gasteiger charge is 2.59. The van der Waals surface area contributed by atoms with Gasteiger partial charge < -0.3 is 0 Å². The first-order chi connectivity index (χ1) is 14.3. The Morgan fingerprint density at radius 1 is 1.03 bits per heavy atom. The first-order valence-corrected chi connectivity index (χ1v) is 11.3. The number of fused-ring (bicyclic) bond motifs is 3. The summed E-state index contributed by atoms with van der Waals surface area (Å²) in [5.74, 6) is -0.638. The predicted molar refractivity (Wildman–Crippen MR) is 113 cm³/mol. The Morgan fingerprint density at radius 3 is 2.47 bits per heavy atom. The molecule has 3 aromatic rings. The largest absolute Gasteiger partial charge is 0.293 e. The molecule has 1 heterocycles. The summed E-state index contributed by atoms with van der Waals surface area (Å²) >= 11 is 0. The van der Waals surface area contributed by atoms with Crippen LogP contribution in [0.5, 0.6) is 0 Å². The molecular formula is C24H20FNO3S. The molecule has 30 heavy (non-hydrogen) atoms. The number of aryl methyl sites for hydroxylation is 1. The van der Waals surface area contributed by atoms with Crippen LogP contribution in [0.3, 0.4) is 0 Å². The van der Waals surface area contributed by atoms with Crippen molar-refractivity contribution in [3.8, 4) is 0 Å². The van der Waals surface area contributed by atoms with Crippen LogP contribution in [0.15, 0.2) is 71.6 Å². The molecule has 0 unspecified atom stereocenters. The summed E-state index contributed by atoms with van der Waals surface area (Å²) < 4.78 is 42.8. The third-order valence-electron chi connectivity index (χ3n) is 6.52. The molecule has 3 aromatic carbocycles. The zero-order chi connectivity index (χ0) is 21.3. The van der Waals surface area contributed by atoms with Gasteiger partial charge in [0.2, 0.25) is 0 Å². The zero-order valence-corrected chi connectivity index (χ0v) is 17.4. The number of hydrogen-bond acceptors (Lipinski definition) is 3. The van der Waals surface area contributed by atoms with E-state index in [4.69, 9.17) is 0 Å². The minimum atomic E-state index is -4.07. The lowest BCUT2D eigenvalue weighted by Gasteiger charge is -2.32. The molecule has 6 heteroatoms. The van der Waals surface area contributed by atoms with Crippen molar-refractivity contribution in [2.24, 2.45) is 0 Å². The summed E-state index contributed by atoms with van der Waals surface area (Å²) in [4.78, 5) is 13.5. The van der Waals surface area contributed by atoms with Crippen molar-refractivity contribution in [3.63, 3.8) is 0 Å². The Balaban J connectivity index is 1.71. The number of nitrogens with zero attached hydrogens (tertiary/aromatic N) is 1. The summed E-state index contributed by atoms with van der Waals surface area (Å²) in [6, 6.07) is 17.9. The van der Waals surface area contributed by atoms with Gasteiger partial charge in [0.1, 0.15) is 5.82 Å². The van der Waals surface area contributed by atoms with E-state index in [1.165, 1.54) is 16.4 Å². The summed E-state index contributed by atoms with van der Waals surface area (Å²) in [6.45, 7) is 3.36. The van der Waals surface area contributed by atoms with Gasteiger partial charge in [-0.1, -0.05) is 48.5 Å². The Kier molecular flexibility index (Phi) is 3.96. The molecule has 0 fully saturated rings. The first-order valence-electron chi connectivity index (χ1n) is 9.81. The van der Waals surface area contributed by atoms with E-state index in [1.54, 1.807) is 32.0 Å². The third kappa shape index (κ3) is 2.31. The van der Waals surface area contributed by atoms with Crippen LogP contribution in [0, 0.1) is 12.7 Å². The van der Waals surface area contributed by atoms with Gasteiger partial charge >= 0.3 is 0 Å². The van der Waals surface area contributed by atoms with Gasteiger partial charge in [-0.2, -0.15) is 0 Å². The molecule has 0 amide bonds. The summed E-state index contributed by atoms with van der Waals surface area (Å²) in [7, 11) is -4.07. The fourth-order valence-electron chi connectivity index (χ4n) is 4.93. The van der Waals surface area contributed by atoms with Gasteiger partial charge in [0.15, 0.2) is 5.78 Å². The molecule has 0 aromatic heterocycles. The van der Waals surface area contributed by atoms with E-state index in [0.29, 0.717) is 28.8 Å². The van der Waals surface area contributed by atoms with E-state index in [-0.39, 0.29) is 10.7 Å². The SMILES string of the molecule is Cc1ccc(S(=O)(=O)N2c3ccccc3[C@@]3(Cc4ccccc4C3=O)[C@@H]2C)cc1F. The maximum atomic E-state index is 14.2. The molecule has 0 bridgehead atoms. The van der Waals surface area contributed by atoms with E-state index >= 15 is 0 Å². The topological polar surface area (TPSA) is 54.5 Å². The quantitative estimate of drug-likeness (QED) is 0.616. The molecule has 1 spiro atoms. The number of rotatable bonds is 2. The van der Waals surface area contributed by atoms with Crippen molar-refractivity contribution in [2.45, 2.75) is 36.6 Å². The van der Waals surface area contributed by atoms with Gasteiger partial charge in [-0.25, -0.2) is 12.8 Å². The molecule has 0 saturated heterocycles. The van der Waals surface area contributed by atoms with E-state index in [9.17, 15) is 17.6 Å². The molecule has 5 rings (SSSR count). The van der Waals surface area contributed by atoms with Gasteiger partial charge in [-0.3, -0.25) is 9.10 Å². The van der Waals surface area contributed by atoms with Crippen LogP contribution in [0.25, 0.3) is 0 Å². The van der Waals surface area contributed by atoms with Gasteiger partial charge in [-0.05, 0) is 55.2 Å². The summed E-state index contributed by atoms with van der Waals surface area (Å²) in [5, 5.41) is 0. The molecular weight excluding hydrogens is 401 g/mol.